The molecule has 150 valence electrons. The lowest BCUT2D eigenvalue weighted by atomic mass is 10.2. The molecule has 0 bridgehead atoms. The summed E-state index contributed by atoms with van der Waals surface area (Å²) in [4.78, 5) is 4.44. The Morgan fingerprint density at radius 1 is 1.00 bits per heavy atom. The molecule has 29 heavy (non-hydrogen) atoms. The van der Waals surface area contributed by atoms with E-state index in [4.69, 9.17) is 32.7 Å². The van der Waals surface area contributed by atoms with Crippen molar-refractivity contribution in [3.63, 3.8) is 0 Å². The van der Waals surface area contributed by atoms with Gasteiger partial charge in [0.25, 0.3) is 0 Å². The van der Waals surface area contributed by atoms with Crippen LogP contribution in [0.1, 0.15) is 23.6 Å². The van der Waals surface area contributed by atoms with E-state index >= 15 is 0 Å². The Labute approximate surface area is 179 Å². The summed E-state index contributed by atoms with van der Waals surface area (Å²) in [6.45, 7) is 4.27. The molecule has 3 aromatic carbocycles. The average molecular weight is 432 g/mol. The molecule has 3 nitrogen and oxygen atoms in total. The number of aliphatic imine (C=N–C) groups is 1. The number of halogens is 3. The van der Waals surface area contributed by atoms with Crippen molar-refractivity contribution in [1.82, 2.24) is 0 Å². The lowest BCUT2D eigenvalue weighted by Crippen LogP contribution is -2.02. The Morgan fingerprint density at radius 2 is 1.79 bits per heavy atom. The largest absolute Gasteiger partial charge is 0.490 e. The van der Waals surface area contributed by atoms with E-state index in [0.717, 1.165) is 16.8 Å². The van der Waals surface area contributed by atoms with E-state index in [-0.39, 0.29) is 12.4 Å². The van der Waals surface area contributed by atoms with Gasteiger partial charge in [-0.2, -0.15) is 0 Å². The maximum absolute atomic E-state index is 13.8. The zero-order valence-corrected chi connectivity index (χ0v) is 17.6. The molecule has 0 aliphatic carbocycles. The molecule has 0 saturated heterocycles. The Morgan fingerprint density at radius 3 is 2.52 bits per heavy atom. The molecule has 6 heteroatoms. The predicted octanol–water partition coefficient (Wildman–Crippen LogP) is 7.17. The maximum atomic E-state index is 13.8. The standard InChI is InChI=1S/C23H20Cl2FNO2/c1-3-28-22-11-16(13-27-18-9-8-15(2)19(24)12-18)10-20(25)23(22)29-14-17-6-4-5-7-21(17)26/h4-13H,3,14H2,1-2H3. The van der Waals surface area contributed by atoms with Crippen LogP contribution in [-0.4, -0.2) is 12.8 Å². The van der Waals surface area contributed by atoms with Crippen molar-refractivity contribution in [2.24, 2.45) is 4.99 Å². The zero-order valence-electron chi connectivity index (χ0n) is 16.1. The predicted molar refractivity (Wildman–Crippen MR) is 117 cm³/mol. The van der Waals surface area contributed by atoms with E-state index in [9.17, 15) is 4.39 Å². The molecule has 0 radical (unpaired) electrons. The first-order valence-electron chi connectivity index (χ1n) is 9.10. The van der Waals surface area contributed by atoms with Crippen molar-refractivity contribution in [2.45, 2.75) is 20.5 Å². The molecule has 3 aromatic rings. The fourth-order valence-corrected chi connectivity index (χ4v) is 3.09. The second kappa shape index (κ2) is 9.77. The van der Waals surface area contributed by atoms with Crippen LogP contribution >= 0.6 is 23.2 Å². The maximum Gasteiger partial charge on any atom is 0.180 e. The third-order valence-corrected chi connectivity index (χ3v) is 4.87. The van der Waals surface area contributed by atoms with Gasteiger partial charge in [0.2, 0.25) is 0 Å². The first kappa shape index (κ1) is 21.2. The molecule has 0 aromatic heterocycles. The highest BCUT2D eigenvalue weighted by atomic mass is 35.5. The molecule has 0 amide bonds. The van der Waals surface area contributed by atoms with Gasteiger partial charge in [0.15, 0.2) is 11.5 Å². The quantitative estimate of drug-likeness (QED) is 0.371. The number of hydrogen-bond donors (Lipinski definition) is 0. The summed E-state index contributed by atoms with van der Waals surface area (Å²) in [7, 11) is 0. The van der Waals surface area contributed by atoms with Crippen LogP contribution in [0.5, 0.6) is 11.5 Å². The van der Waals surface area contributed by atoms with Gasteiger partial charge in [0.1, 0.15) is 12.4 Å². The molecule has 0 unspecified atom stereocenters. The summed E-state index contributed by atoms with van der Waals surface area (Å²) >= 11 is 12.6. The van der Waals surface area contributed by atoms with Gasteiger partial charge in [-0.05, 0) is 55.3 Å². The van der Waals surface area contributed by atoms with E-state index in [1.807, 2.05) is 26.0 Å². The second-order valence-corrected chi connectivity index (χ2v) is 7.15. The molecule has 0 aliphatic heterocycles. The number of hydrogen-bond acceptors (Lipinski definition) is 3. The number of nitrogens with zero attached hydrogens (tertiary/aromatic N) is 1. The lowest BCUT2D eigenvalue weighted by molar-refractivity contribution is 0.266. The van der Waals surface area contributed by atoms with Crippen LogP contribution < -0.4 is 9.47 Å². The first-order chi connectivity index (χ1) is 14.0. The van der Waals surface area contributed by atoms with E-state index in [1.54, 1.807) is 42.6 Å². The minimum Gasteiger partial charge on any atom is -0.490 e. The van der Waals surface area contributed by atoms with Gasteiger partial charge in [-0.3, -0.25) is 4.99 Å². The van der Waals surface area contributed by atoms with Crippen LogP contribution in [0.15, 0.2) is 59.6 Å². The topological polar surface area (TPSA) is 30.8 Å². The van der Waals surface area contributed by atoms with Crippen LogP contribution in [0.2, 0.25) is 10.0 Å². The van der Waals surface area contributed by atoms with Crippen molar-refractivity contribution >= 4 is 35.1 Å². The van der Waals surface area contributed by atoms with Crippen molar-refractivity contribution in [1.29, 1.82) is 0 Å². The van der Waals surface area contributed by atoms with Crippen LogP contribution in [0, 0.1) is 12.7 Å². The van der Waals surface area contributed by atoms with Crippen LogP contribution in [-0.2, 0) is 6.61 Å². The Bertz CT molecular complexity index is 1040. The number of rotatable bonds is 7. The Hall–Kier alpha value is -2.56. The van der Waals surface area contributed by atoms with Gasteiger partial charge in [0, 0.05) is 16.8 Å². The van der Waals surface area contributed by atoms with Gasteiger partial charge < -0.3 is 9.47 Å². The second-order valence-electron chi connectivity index (χ2n) is 6.33. The summed E-state index contributed by atoms with van der Waals surface area (Å²) in [5.41, 5.74) is 2.90. The van der Waals surface area contributed by atoms with Gasteiger partial charge in [-0.1, -0.05) is 47.5 Å². The minimum absolute atomic E-state index is 0.0434. The molecular formula is C23H20Cl2FNO2. The molecule has 0 fully saturated rings. The van der Waals surface area contributed by atoms with Crippen LogP contribution in [0.3, 0.4) is 0 Å². The summed E-state index contributed by atoms with van der Waals surface area (Å²) in [6, 6.07) is 15.5. The van der Waals surface area contributed by atoms with Gasteiger partial charge in [-0.25, -0.2) is 4.39 Å². The molecule has 0 atom stereocenters. The van der Waals surface area contributed by atoms with Gasteiger partial charge in [-0.15, -0.1) is 0 Å². The van der Waals surface area contributed by atoms with E-state index in [0.29, 0.717) is 33.7 Å². The van der Waals surface area contributed by atoms with E-state index < -0.39 is 0 Å². The molecular weight excluding hydrogens is 412 g/mol. The normalized spacial score (nSPS) is 11.1. The first-order valence-corrected chi connectivity index (χ1v) is 9.86. The Balaban J connectivity index is 1.84. The fourth-order valence-electron chi connectivity index (χ4n) is 2.64. The molecule has 3 rings (SSSR count). The van der Waals surface area contributed by atoms with Gasteiger partial charge in [0.05, 0.1) is 17.3 Å². The summed E-state index contributed by atoms with van der Waals surface area (Å²) in [5.74, 6) is 0.508. The molecule has 0 saturated carbocycles. The molecule has 0 heterocycles. The SMILES string of the molecule is CCOc1cc(C=Nc2ccc(C)c(Cl)c2)cc(Cl)c1OCc1ccccc1F. The fraction of sp³-hybridized carbons (Fsp3) is 0.174. The van der Waals surface area contributed by atoms with E-state index in [2.05, 4.69) is 4.99 Å². The zero-order chi connectivity index (χ0) is 20.8. The van der Waals surface area contributed by atoms with E-state index in [1.165, 1.54) is 6.07 Å². The number of aryl methyl sites for hydroxylation is 1. The third kappa shape index (κ3) is 5.49. The molecule has 0 spiro atoms. The minimum atomic E-state index is -0.331. The monoisotopic (exact) mass is 431 g/mol. The summed E-state index contributed by atoms with van der Waals surface area (Å²) in [5, 5.41) is 1.01. The average Bonchev–Trinajstić information content (AvgIpc) is 2.70. The number of ether oxygens (including phenoxy) is 2. The highest BCUT2D eigenvalue weighted by Crippen LogP contribution is 2.37. The van der Waals surface area contributed by atoms with Gasteiger partial charge >= 0.3 is 0 Å². The Kier molecular flexibility index (Phi) is 7.13. The van der Waals surface area contributed by atoms with Crippen LogP contribution in [0.4, 0.5) is 10.1 Å². The highest BCUT2D eigenvalue weighted by molar-refractivity contribution is 6.32. The number of benzene rings is 3. The van der Waals surface area contributed by atoms with Crippen molar-refractivity contribution < 1.29 is 13.9 Å². The van der Waals surface area contributed by atoms with Crippen molar-refractivity contribution in [3.05, 3.63) is 87.2 Å². The van der Waals surface area contributed by atoms with Crippen molar-refractivity contribution in [2.75, 3.05) is 6.61 Å². The highest BCUT2D eigenvalue weighted by Gasteiger charge is 2.13. The summed E-state index contributed by atoms with van der Waals surface area (Å²) in [6.07, 6.45) is 1.68. The smallest absolute Gasteiger partial charge is 0.180 e. The van der Waals surface area contributed by atoms with Crippen molar-refractivity contribution in [3.8, 4) is 11.5 Å². The van der Waals surface area contributed by atoms with Crippen LogP contribution in [0.25, 0.3) is 0 Å². The molecule has 0 N–H and O–H groups in total. The molecule has 0 aliphatic rings. The third-order valence-electron chi connectivity index (χ3n) is 4.18. The summed E-state index contributed by atoms with van der Waals surface area (Å²) < 4.78 is 25.3. The lowest BCUT2D eigenvalue weighted by Gasteiger charge is -2.14.